The van der Waals surface area contributed by atoms with Gasteiger partial charge in [-0.2, -0.15) is 0 Å². The van der Waals surface area contributed by atoms with Crippen molar-refractivity contribution in [3.8, 4) is 0 Å². The van der Waals surface area contributed by atoms with Crippen molar-refractivity contribution in [2.75, 3.05) is 5.75 Å². The molecule has 0 aliphatic heterocycles. The van der Waals surface area contributed by atoms with E-state index >= 15 is 0 Å². The number of hydrogen-bond acceptors (Lipinski definition) is 5. The maximum absolute atomic E-state index is 11.7. The molecule has 0 aliphatic carbocycles. The van der Waals surface area contributed by atoms with Gasteiger partial charge in [0.1, 0.15) is 17.4 Å². The lowest BCUT2D eigenvalue weighted by atomic mass is 10.1. The van der Waals surface area contributed by atoms with Crippen molar-refractivity contribution >= 4 is 29.6 Å². The normalized spacial score (nSPS) is 12.3. The van der Waals surface area contributed by atoms with Crippen molar-refractivity contribution in [3.05, 3.63) is 29.8 Å². The molecule has 0 aliphatic rings. The predicted molar refractivity (Wildman–Crippen MR) is 92.3 cm³/mol. The highest BCUT2D eigenvalue weighted by atomic mass is 32.2. The maximum atomic E-state index is 11.7. The van der Waals surface area contributed by atoms with E-state index in [0.29, 0.717) is 5.75 Å². The van der Waals surface area contributed by atoms with E-state index in [0.717, 1.165) is 10.5 Å². The maximum Gasteiger partial charge on any atom is 0.408 e. The molecule has 0 bridgehead atoms. The molecule has 1 rings (SSSR count). The van der Waals surface area contributed by atoms with E-state index in [4.69, 9.17) is 4.74 Å². The molecule has 1 atom stereocenters. The molecule has 0 heterocycles. The van der Waals surface area contributed by atoms with Crippen molar-refractivity contribution in [1.82, 2.24) is 5.32 Å². The number of nitrogens with one attached hydrogen (secondary N) is 1. The molecular formula is C17H23NO5S. The molecule has 0 saturated carbocycles. The molecule has 0 saturated heterocycles. The Bertz CT molecular complexity index is 592. The standard InChI is InChI=1S/C17H23NO5S/c1-11(19)10-24-13-7-5-12(6-8-13)9-14(15(20)21)18-16(22)23-17(2,3)4/h5-8,14H,9-10H2,1-4H3,(H,18,22)(H,20,21). The van der Waals surface area contributed by atoms with Crippen molar-refractivity contribution in [1.29, 1.82) is 0 Å². The molecular weight excluding hydrogens is 330 g/mol. The molecule has 0 radical (unpaired) electrons. The zero-order valence-corrected chi connectivity index (χ0v) is 15.1. The van der Waals surface area contributed by atoms with Gasteiger partial charge in [-0.05, 0) is 45.4 Å². The van der Waals surface area contributed by atoms with E-state index in [2.05, 4.69) is 5.32 Å². The smallest absolute Gasteiger partial charge is 0.408 e. The van der Waals surface area contributed by atoms with Crippen LogP contribution in [0.2, 0.25) is 0 Å². The first-order chi connectivity index (χ1) is 11.1. The third kappa shape index (κ3) is 8.01. The Hall–Kier alpha value is -2.02. The van der Waals surface area contributed by atoms with Crippen LogP contribution in [0.1, 0.15) is 33.3 Å². The number of alkyl carbamates (subject to hydrolysis) is 1. The number of rotatable bonds is 7. The number of carboxylic acid groups (broad SMARTS) is 1. The number of Topliss-reactive ketones (excluding diaryl/α,β-unsaturated/α-hetero) is 1. The third-order valence-corrected chi connectivity index (χ3v) is 3.95. The van der Waals surface area contributed by atoms with Gasteiger partial charge in [-0.25, -0.2) is 9.59 Å². The fourth-order valence-electron chi connectivity index (χ4n) is 1.79. The summed E-state index contributed by atoms with van der Waals surface area (Å²) < 4.78 is 5.08. The molecule has 7 heteroatoms. The average Bonchev–Trinajstić information content (AvgIpc) is 2.43. The van der Waals surface area contributed by atoms with Crippen LogP contribution in [-0.4, -0.2) is 40.3 Å². The van der Waals surface area contributed by atoms with Gasteiger partial charge in [-0.1, -0.05) is 12.1 Å². The summed E-state index contributed by atoms with van der Waals surface area (Å²) in [5, 5.41) is 11.6. The highest BCUT2D eigenvalue weighted by Gasteiger charge is 2.24. The number of ether oxygens (including phenoxy) is 1. The number of ketones is 1. The Kier molecular flexibility index (Phi) is 7.28. The monoisotopic (exact) mass is 353 g/mol. The van der Waals surface area contributed by atoms with Crippen LogP contribution in [0.3, 0.4) is 0 Å². The van der Waals surface area contributed by atoms with Crippen molar-refractivity contribution in [3.63, 3.8) is 0 Å². The largest absolute Gasteiger partial charge is 0.480 e. The van der Waals surface area contributed by atoms with E-state index in [1.54, 1.807) is 32.9 Å². The van der Waals surface area contributed by atoms with Crippen molar-refractivity contribution in [2.45, 2.75) is 50.7 Å². The quantitative estimate of drug-likeness (QED) is 0.732. The molecule has 6 nitrogen and oxygen atoms in total. The van der Waals surface area contributed by atoms with Gasteiger partial charge in [-0.15, -0.1) is 11.8 Å². The van der Waals surface area contributed by atoms with Gasteiger partial charge in [0.25, 0.3) is 0 Å². The highest BCUT2D eigenvalue weighted by Crippen LogP contribution is 2.19. The molecule has 1 aromatic rings. The topological polar surface area (TPSA) is 92.7 Å². The molecule has 1 amide bonds. The lowest BCUT2D eigenvalue weighted by Crippen LogP contribution is -2.44. The number of hydrogen-bond donors (Lipinski definition) is 2. The van der Waals surface area contributed by atoms with E-state index in [1.165, 1.54) is 18.7 Å². The summed E-state index contributed by atoms with van der Waals surface area (Å²) in [7, 11) is 0. The minimum atomic E-state index is -1.13. The number of thioether (sulfide) groups is 1. The SMILES string of the molecule is CC(=O)CSc1ccc(CC(NC(=O)OC(C)(C)C)C(=O)O)cc1. The lowest BCUT2D eigenvalue weighted by Gasteiger charge is -2.22. The van der Waals surface area contributed by atoms with Crippen LogP contribution in [0.5, 0.6) is 0 Å². The number of carboxylic acids is 1. The number of amides is 1. The molecule has 0 spiro atoms. The number of carbonyl (C=O) groups excluding carboxylic acids is 2. The second-order valence-corrected chi connectivity index (χ2v) is 7.42. The average molecular weight is 353 g/mol. The molecule has 24 heavy (non-hydrogen) atoms. The second-order valence-electron chi connectivity index (χ2n) is 6.38. The van der Waals surface area contributed by atoms with Gasteiger partial charge in [-0.3, -0.25) is 4.79 Å². The summed E-state index contributed by atoms with van der Waals surface area (Å²) in [4.78, 5) is 35.0. The van der Waals surface area contributed by atoms with Gasteiger partial charge >= 0.3 is 12.1 Å². The predicted octanol–water partition coefficient (Wildman–Crippen LogP) is 2.89. The first kappa shape index (κ1) is 20.0. The van der Waals surface area contributed by atoms with Crippen molar-refractivity contribution < 1.29 is 24.2 Å². The molecule has 0 fully saturated rings. The van der Waals surface area contributed by atoms with Gasteiger partial charge in [0.15, 0.2) is 0 Å². The van der Waals surface area contributed by atoms with Crippen LogP contribution >= 0.6 is 11.8 Å². The second kappa shape index (κ2) is 8.73. The Labute approximate surface area is 146 Å². The first-order valence-electron chi connectivity index (χ1n) is 7.50. The molecule has 0 aromatic heterocycles. The molecule has 1 unspecified atom stereocenters. The van der Waals surface area contributed by atoms with Crippen LogP contribution in [0, 0.1) is 0 Å². The van der Waals surface area contributed by atoms with Crippen LogP contribution in [0.25, 0.3) is 0 Å². The zero-order valence-electron chi connectivity index (χ0n) is 14.3. The lowest BCUT2D eigenvalue weighted by molar-refractivity contribution is -0.139. The highest BCUT2D eigenvalue weighted by molar-refractivity contribution is 8.00. The van der Waals surface area contributed by atoms with Gasteiger partial charge in [0.05, 0.1) is 5.75 Å². The van der Waals surface area contributed by atoms with Crippen LogP contribution < -0.4 is 5.32 Å². The zero-order chi connectivity index (χ0) is 18.3. The summed E-state index contributed by atoms with van der Waals surface area (Å²) >= 11 is 1.42. The van der Waals surface area contributed by atoms with E-state index in [-0.39, 0.29) is 12.2 Å². The molecule has 1 aromatic carbocycles. The van der Waals surface area contributed by atoms with Gasteiger partial charge in [0.2, 0.25) is 0 Å². The Morgan fingerprint density at radius 1 is 1.21 bits per heavy atom. The van der Waals surface area contributed by atoms with Gasteiger partial charge < -0.3 is 15.2 Å². The van der Waals surface area contributed by atoms with Crippen LogP contribution in [0.4, 0.5) is 4.79 Å². The number of benzene rings is 1. The summed E-state index contributed by atoms with van der Waals surface area (Å²) in [5.41, 5.74) is 0.0774. The fourth-order valence-corrected chi connectivity index (χ4v) is 2.49. The van der Waals surface area contributed by atoms with Crippen molar-refractivity contribution in [2.24, 2.45) is 0 Å². The Morgan fingerprint density at radius 3 is 2.25 bits per heavy atom. The fraction of sp³-hybridized carbons (Fsp3) is 0.471. The number of carbonyl (C=O) groups is 3. The van der Waals surface area contributed by atoms with Crippen LogP contribution in [-0.2, 0) is 20.7 Å². The summed E-state index contributed by atoms with van der Waals surface area (Å²) in [5.74, 6) is -0.635. The van der Waals surface area contributed by atoms with Crippen LogP contribution in [0.15, 0.2) is 29.2 Å². The van der Waals surface area contributed by atoms with E-state index < -0.39 is 23.7 Å². The summed E-state index contributed by atoms with van der Waals surface area (Å²) in [6.45, 7) is 6.65. The molecule has 2 N–H and O–H groups in total. The van der Waals surface area contributed by atoms with E-state index in [9.17, 15) is 19.5 Å². The van der Waals surface area contributed by atoms with Gasteiger partial charge in [0, 0.05) is 11.3 Å². The third-order valence-electron chi connectivity index (χ3n) is 2.79. The summed E-state index contributed by atoms with van der Waals surface area (Å²) in [6.07, 6.45) is -0.616. The number of aliphatic carboxylic acids is 1. The minimum absolute atomic E-state index is 0.0941. The van der Waals surface area contributed by atoms with E-state index in [1.807, 2.05) is 12.1 Å². The Morgan fingerprint density at radius 2 is 1.79 bits per heavy atom. The minimum Gasteiger partial charge on any atom is -0.480 e. The Balaban J connectivity index is 2.66. The molecule has 132 valence electrons. The first-order valence-corrected chi connectivity index (χ1v) is 8.49. The summed E-state index contributed by atoms with van der Waals surface area (Å²) in [6, 6.07) is 6.16.